The van der Waals surface area contributed by atoms with Crippen molar-refractivity contribution >= 4 is 17.6 Å². The fraction of sp³-hybridized carbons (Fsp3) is 0.316. The third kappa shape index (κ3) is 5.08. The van der Waals surface area contributed by atoms with Crippen molar-refractivity contribution in [3.05, 3.63) is 53.7 Å². The minimum absolute atomic E-state index is 0.0812. The van der Waals surface area contributed by atoms with Crippen LogP contribution in [0.4, 0.5) is 14.9 Å². The van der Waals surface area contributed by atoms with Gasteiger partial charge in [-0.15, -0.1) is 0 Å². The lowest BCUT2D eigenvalue weighted by Gasteiger charge is -2.35. The van der Waals surface area contributed by atoms with E-state index in [9.17, 15) is 14.0 Å². The van der Waals surface area contributed by atoms with Crippen LogP contribution in [-0.4, -0.2) is 49.6 Å². The van der Waals surface area contributed by atoms with Crippen molar-refractivity contribution in [1.82, 2.24) is 15.5 Å². The van der Waals surface area contributed by atoms with Crippen LogP contribution >= 0.6 is 0 Å². The Morgan fingerprint density at radius 2 is 2.00 bits per heavy atom. The van der Waals surface area contributed by atoms with Crippen LogP contribution in [0.2, 0.25) is 0 Å². The average molecular weight is 385 g/mol. The zero-order valence-corrected chi connectivity index (χ0v) is 15.2. The Kier molecular flexibility index (Phi) is 6.24. The van der Waals surface area contributed by atoms with E-state index in [-0.39, 0.29) is 18.7 Å². The second kappa shape index (κ2) is 9.01. The standard InChI is InChI=1S/C19H20FN5O3/c20-16-10-14(11-21)3-4-17(16)25-7-5-24(6-8-25)13-18(26)23-19(27)22-12-15-2-1-9-28-15/h1-4,9-10H,5-8,12-13H2,(H2,22,23,26,27). The van der Waals surface area contributed by atoms with Crippen molar-refractivity contribution in [2.75, 3.05) is 37.6 Å². The van der Waals surface area contributed by atoms with Gasteiger partial charge in [0.25, 0.3) is 0 Å². The molecule has 9 heteroatoms. The van der Waals surface area contributed by atoms with E-state index in [4.69, 9.17) is 9.68 Å². The van der Waals surface area contributed by atoms with Gasteiger partial charge in [0.15, 0.2) is 0 Å². The van der Waals surface area contributed by atoms with E-state index in [0.717, 1.165) is 0 Å². The number of rotatable bonds is 5. The molecule has 1 aromatic heterocycles. The number of nitrogens with zero attached hydrogens (tertiary/aromatic N) is 3. The van der Waals surface area contributed by atoms with Crippen molar-refractivity contribution in [3.63, 3.8) is 0 Å². The summed E-state index contributed by atoms with van der Waals surface area (Å²) in [6.07, 6.45) is 1.50. The third-order valence-electron chi connectivity index (χ3n) is 4.41. The van der Waals surface area contributed by atoms with Gasteiger partial charge in [0.1, 0.15) is 11.6 Å². The molecular formula is C19H20FN5O3. The van der Waals surface area contributed by atoms with E-state index in [1.165, 1.54) is 12.3 Å². The Morgan fingerprint density at radius 3 is 2.64 bits per heavy atom. The molecule has 1 aliphatic rings. The highest BCUT2D eigenvalue weighted by molar-refractivity contribution is 5.95. The summed E-state index contributed by atoms with van der Waals surface area (Å²) in [6.45, 7) is 2.47. The van der Waals surface area contributed by atoms with Crippen LogP contribution in [0.15, 0.2) is 41.0 Å². The smallest absolute Gasteiger partial charge is 0.321 e. The van der Waals surface area contributed by atoms with E-state index < -0.39 is 17.8 Å². The third-order valence-corrected chi connectivity index (χ3v) is 4.41. The molecule has 0 unspecified atom stereocenters. The second-order valence-corrected chi connectivity index (χ2v) is 6.35. The molecule has 0 bridgehead atoms. The van der Waals surface area contributed by atoms with E-state index in [0.29, 0.717) is 37.6 Å². The van der Waals surface area contributed by atoms with Gasteiger partial charge < -0.3 is 14.6 Å². The highest BCUT2D eigenvalue weighted by atomic mass is 19.1. The molecule has 2 N–H and O–H groups in total. The van der Waals surface area contributed by atoms with Crippen molar-refractivity contribution in [1.29, 1.82) is 5.26 Å². The van der Waals surface area contributed by atoms with Crippen molar-refractivity contribution in [2.24, 2.45) is 0 Å². The van der Waals surface area contributed by atoms with Crippen LogP contribution in [0.1, 0.15) is 11.3 Å². The number of benzene rings is 1. The number of anilines is 1. The molecule has 0 spiro atoms. The number of urea groups is 1. The first-order valence-electron chi connectivity index (χ1n) is 8.82. The van der Waals surface area contributed by atoms with Gasteiger partial charge in [-0.1, -0.05) is 0 Å². The lowest BCUT2D eigenvalue weighted by Crippen LogP contribution is -2.51. The summed E-state index contributed by atoms with van der Waals surface area (Å²) in [5, 5.41) is 13.6. The van der Waals surface area contributed by atoms with Gasteiger partial charge in [-0.2, -0.15) is 5.26 Å². The average Bonchev–Trinajstić information content (AvgIpc) is 3.20. The molecular weight excluding hydrogens is 365 g/mol. The van der Waals surface area contributed by atoms with Crippen LogP contribution in [0.25, 0.3) is 0 Å². The van der Waals surface area contributed by atoms with E-state index in [1.807, 2.05) is 15.9 Å². The number of hydrogen-bond donors (Lipinski definition) is 2. The Balaban J connectivity index is 1.42. The summed E-state index contributed by atoms with van der Waals surface area (Å²) in [7, 11) is 0. The number of amides is 3. The molecule has 2 heterocycles. The first kappa shape index (κ1) is 19.4. The first-order valence-corrected chi connectivity index (χ1v) is 8.82. The molecule has 3 amide bonds. The fourth-order valence-corrected chi connectivity index (χ4v) is 2.97. The predicted octanol–water partition coefficient (Wildman–Crippen LogP) is 1.44. The van der Waals surface area contributed by atoms with E-state index in [1.54, 1.807) is 24.3 Å². The summed E-state index contributed by atoms with van der Waals surface area (Å²) in [5.74, 6) is -0.248. The van der Waals surface area contributed by atoms with E-state index >= 15 is 0 Å². The van der Waals surface area contributed by atoms with Crippen LogP contribution < -0.4 is 15.5 Å². The van der Waals surface area contributed by atoms with Gasteiger partial charge in [0.2, 0.25) is 5.91 Å². The maximum atomic E-state index is 14.1. The lowest BCUT2D eigenvalue weighted by atomic mass is 10.2. The highest BCUT2D eigenvalue weighted by Gasteiger charge is 2.21. The molecule has 1 aliphatic heterocycles. The van der Waals surface area contributed by atoms with Gasteiger partial charge >= 0.3 is 6.03 Å². The zero-order valence-electron chi connectivity index (χ0n) is 15.2. The highest BCUT2D eigenvalue weighted by Crippen LogP contribution is 2.21. The summed E-state index contributed by atoms with van der Waals surface area (Å²) >= 11 is 0. The van der Waals surface area contributed by atoms with Gasteiger partial charge in [0.05, 0.1) is 36.7 Å². The SMILES string of the molecule is N#Cc1ccc(N2CCN(CC(=O)NC(=O)NCc3ccco3)CC2)c(F)c1. The molecule has 0 radical (unpaired) electrons. The van der Waals surface area contributed by atoms with Crippen LogP contribution in [-0.2, 0) is 11.3 Å². The Labute approximate surface area is 161 Å². The topological polar surface area (TPSA) is 102 Å². The maximum absolute atomic E-state index is 14.1. The molecule has 1 aromatic carbocycles. The molecule has 0 aliphatic carbocycles. The lowest BCUT2D eigenvalue weighted by molar-refractivity contribution is -0.121. The largest absolute Gasteiger partial charge is 0.467 e. The quantitative estimate of drug-likeness (QED) is 0.808. The second-order valence-electron chi connectivity index (χ2n) is 6.35. The van der Waals surface area contributed by atoms with Crippen LogP contribution in [0.3, 0.4) is 0 Å². The Hall–Kier alpha value is -3.38. The van der Waals surface area contributed by atoms with Crippen molar-refractivity contribution in [3.8, 4) is 6.07 Å². The van der Waals surface area contributed by atoms with Crippen LogP contribution in [0.5, 0.6) is 0 Å². The molecule has 1 saturated heterocycles. The Morgan fingerprint density at radius 1 is 1.21 bits per heavy atom. The van der Waals surface area contributed by atoms with Gasteiger partial charge in [-0.05, 0) is 30.3 Å². The molecule has 28 heavy (non-hydrogen) atoms. The number of nitrogens with one attached hydrogen (secondary N) is 2. The van der Waals surface area contributed by atoms with Gasteiger partial charge in [-0.25, -0.2) is 9.18 Å². The summed E-state index contributed by atoms with van der Waals surface area (Å²) in [4.78, 5) is 27.5. The number of nitriles is 1. The number of carbonyl (C=O) groups excluding carboxylic acids is 2. The van der Waals surface area contributed by atoms with Crippen LogP contribution in [0, 0.1) is 17.1 Å². The maximum Gasteiger partial charge on any atom is 0.321 e. The minimum Gasteiger partial charge on any atom is -0.467 e. The number of carbonyl (C=O) groups is 2. The summed E-state index contributed by atoms with van der Waals surface area (Å²) in [6, 6.07) is 9.16. The summed E-state index contributed by atoms with van der Waals surface area (Å²) in [5.41, 5.74) is 0.724. The zero-order chi connectivity index (χ0) is 19.9. The molecule has 146 valence electrons. The van der Waals surface area contributed by atoms with Gasteiger partial charge in [-0.3, -0.25) is 15.0 Å². The normalized spacial score (nSPS) is 14.4. The number of furan rings is 1. The number of hydrogen-bond acceptors (Lipinski definition) is 6. The fourth-order valence-electron chi connectivity index (χ4n) is 2.97. The number of imide groups is 1. The number of halogens is 1. The van der Waals surface area contributed by atoms with E-state index in [2.05, 4.69) is 10.6 Å². The summed E-state index contributed by atoms with van der Waals surface area (Å²) < 4.78 is 19.2. The minimum atomic E-state index is -0.584. The first-order chi connectivity index (χ1) is 13.5. The molecule has 2 aromatic rings. The molecule has 0 saturated carbocycles. The van der Waals surface area contributed by atoms with Crippen molar-refractivity contribution in [2.45, 2.75) is 6.54 Å². The van der Waals surface area contributed by atoms with Gasteiger partial charge in [0, 0.05) is 26.2 Å². The predicted molar refractivity (Wildman–Crippen MR) is 98.9 cm³/mol. The molecule has 1 fully saturated rings. The number of piperazine rings is 1. The molecule has 3 rings (SSSR count). The Bertz CT molecular complexity index is 870. The molecule has 0 atom stereocenters. The molecule has 8 nitrogen and oxygen atoms in total. The van der Waals surface area contributed by atoms with Crippen molar-refractivity contribution < 1.29 is 18.4 Å². The monoisotopic (exact) mass is 385 g/mol.